The molecule has 3 rings (SSSR count). The highest BCUT2D eigenvalue weighted by Gasteiger charge is 2.14. The Labute approximate surface area is 260 Å². The van der Waals surface area contributed by atoms with Gasteiger partial charge in [0, 0.05) is 17.5 Å². The largest absolute Gasteiger partial charge is 0.478 e. The lowest BCUT2D eigenvalue weighted by Gasteiger charge is -2.11. The van der Waals surface area contributed by atoms with Crippen molar-refractivity contribution in [3.8, 4) is 5.75 Å². The number of carboxylic acid groups (broad SMARTS) is 1. The highest BCUT2D eigenvalue weighted by Crippen LogP contribution is 2.24. The van der Waals surface area contributed by atoms with Crippen LogP contribution in [0.2, 0.25) is 0 Å². The van der Waals surface area contributed by atoms with Crippen molar-refractivity contribution < 1.29 is 29.0 Å². The molecule has 0 aliphatic rings. The number of carbonyl (C=O) groups excluding carboxylic acids is 2. The number of nitrogens with two attached hydrogens (primary N) is 2. The number of esters is 2. The number of benzene rings is 3. The molecule has 44 heavy (non-hydrogen) atoms. The second kappa shape index (κ2) is 18.2. The van der Waals surface area contributed by atoms with Gasteiger partial charge in [-0.25, -0.2) is 14.4 Å². The van der Waals surface area contributed by atoms with Crippen molar-refractivity contribution >= 4 is 35.4 Å². The lowest BCUT2D eigenvalue weighted by Crippen LogP contribution is -2.07. The van der Waals surface area contributed by atoms with Crippen molar-refractivity contribution in [1.82, 2.24) is 0 Å². The van der Waals surface area contributed by atoms with Crippen LogP contribution < -0.4 is 16.2 Å². The molecule has 5 N–H and O–H groups in total. The van der Waals surface area contributed by atoms with Crippen molar-refractivity contribution in [3.63, 3.8) is 0 Å². The highest BCUT2D eigenvalue weighted by atomic mass is 16.5. The van der Waals surface area contributed by atoms with Crippen LogP contribution in [0.25, 0.3) is 6.08 Å². The zero-order valence-corrected chi connectivity index (χ0v) is 25.6. The molecule has 0 spiro atoms. The van der Waals surface area contributed by atoms with E-state index in [-0.39, 0.29) is 11.5 Å². The third kappa shape index (κ3) is 11.6. The first-order valence-corrected chi connectivity index (χ1v) is 15.4. The van der Waals surface area contributed by atoms with Crippen LogP contribution >= 0.6 is 0 Å². The summed E-state index contributed by atoms with van der Waals surface area (Å²) in [4.78, 5) is 36.1. The van der Waals surface area contributed by atoms with Gasteiger partial charge in [0.2, 0.25) is 0 Å². The van der Waals surface area contributed by atoms with E-state index >= 15 is 0 Å². The first-order valence-electron chi connectivity index (χ1n) is 15.4. The van der Waals surface area contributed by atoms with E-state index < -0.39 is 11.9 Å². The molecule has 3 aromatic carbocycles. The van der Waals surface area contributed by atoms with Gasteiger partial charge in [-0.3, -0.25) is 0 Å². The van der Waals surface area contributed by atoms with E-state index in [1.54, 1.807) is 36.4 Å². The normalized spacial score (nSPS) is 11.0. The van der Waals surface area contributed by atoms with Gasteiger partial charge in [-0.05, 0) is 91.3 Å². The first kappa shape index (κ1) is 33.9. The van der Waals surface area contributed by atoms with Gasteiger partial charge >= 0.3 is 17.9 Å². The van der Waals surface area contributed by atoms with Crippen LogP contribution in [0.1, 0.15) is 102 Å². The molecule has 8 heteroatoms. The van der Waals surface area contributed by atoms with Crippen LogP contribution in [0.5, 0.6) is 5.75 Å². The summed E-state index contributed by atoms with van der Waals surface area (Å²) in [7, 11) is 0. The van der Waals surface area contributed by atoms with Crippen LogP contribution in [-0.4, -0.2) is 29.6 Å². The fourth-order valence-corrected chi connectivity index (χ4v) is 4.89. The monoisotopic (exact) mass is 600 g/mol. The molecular formula is C36H44N2O6. The molecule has 0 aliphatic carbocycles. The van der Waals surface area contributed by atoms with Crippen LogP contribution in [0.3, 0.4) is 0 Å². The molecule has 0 atom stereocenters. The van der Waals surface area contributed by atoms with Crippen LogP contribution in [0, 0.1) is 0 Å². The van der Waals surface area contributed by atoms with Crippen molar-refractivity contribution in [3.05, 3.63) is 94.6 Å². The average Bonchev–Trinajstić information content (AvgIpc) is 3.01. The van der Waals surface area contributed by atoms with E-state index in [0.717, 1.165) is 56.9 Å². The number of hydrogen-bond donors (Lipinski definition) is 3. The molecule has 0 heterocycles. The second-order valence-electron chi connectivity index (χ2n) is 10.9. The summed E-state index contributed by atoms with van der Waals surface area (Å²) in [6, 6.07) is 17.5. The van der Waals surface area contributed by atoms with Crippen molar-refractivity contribution in [2.24, 2.45) is 0 Å². The number of unbranched alkanes of at least 4 members (excludes halogenated alkanes) is 7. The Kier molecular flexibility index (Phi) is 14.0. The molecule has 0 saturated heterocycles. The number of anilines is 2. The van der Waals surface area contributed by atoms with E-state index in [1.165, 1.54) is 30.5 Å². The molecule has 234 valence electrons. The summed E-state index contributed by atoms with van der Waals surface area (Å²) in [5.41, 5.74) is 15.7. The average molecular weight is 601 g/mol. The zero-order valence-electron chi connectivity index (χ0n) is 25.6. The smallest absolute Gasteiger partial charge is 0.338 e. The van der Waals surface area contributed by atoms with E-state index in [9.17, 15) is 19.5 Å². The number of aromatic carboxylic acids is 1. The number of carboxylic acids is 1. The fraction of sp³-hybridized carbons (Fsp3) is 0.361. The molecule has 3 aromatic rings. The molecule has 0 fully saturated rings. The number of hydrogen-bond acceptors (Lipinski definition) is 7. The van der Waals surface area contributed by atoms with Crippen LogP contribution in [-0.2, 0) is 22.4 Å². The summed E-state index contributed by atoms with van der Waals surface area (Å²) in [5, 5.41) is 9.41. The SMILES string of the molecule is CCCCCc1ccc(OC(=O)/C=C/c2ccc(C(=O)OCCCCCCCCc3c(N)cc(N)cc3C(=O)O)cc2)cc1. The maximum absolute atomic E-state index is 12.4. The van der Waals surface area contributed by atoms with Gasteiger partial charge < -0.3 is 26.0 Å². The topological polar surface area (TPSA) is 142 Å². The Bertz CT molecular complexity index is 1400. The highest BCUT2D eigenvalue weighted by molar-refractivity contribution is 5.93. The molecule has 0 saturated carbocycles. The van der Waals surface area contributed by atoms with Gasteiger partial charge in [0.15, 0.2) is 0 Å². The Morgan fingerprint density at radius 2 is 1.45 bits per heavy atom. The molecule has 0 bridgehead atoms. The molecule has 0 radical (unpaired) electrons. The van der Waals surface area contributed by atoms with E-state index in [2.05, 4.69) is 6.92 Å². The van der Waals surface area contributed by atoms with E-state index in [1.807, 2.05) is 24.3 Å². The number of nitrogen functional groups attached to an aromatic ring is 2. The van der Waals surface area contributed by atoms with Gasteiger partial charge in [-0.2, -0.15) is 0 Å². The minimum atomic E-state index is -1.02. The van der Waals surface area contributed by atoms with Gasteiger partial charge in [0.05, 0.1) is 17.7 Å². The van der Waals surface area contributed by atoms with Crippen molar-refractivity contribution in [2.75, 3.05) is 18.1 Å². The molecular weight excluding hydrogens is 556 g/mol. The number of ether oxygens (including phenoxy) is 2. The fourth-order valence-electron chi connectivity index (χ4n) is 4.89. The van der Waals surface area contributed by atoms with Crippen LogP contribution in [0.15, 0.2) is 66.7 Å². The third-order valence-corrected chi connectivity index (χ3v) is 7.36. The van der Waals surface area contributed by atoms with Gasteiger partial charge in [0.1, 0.15) is 5.75 Å². The standard InChI is InChI=1S/C36H44N2O6/c1-2-3-8-11-26-15-20-30(21-16-26)44-34(39)22-17-27-13-18-28(19-14-27)36(42)43-23-10-7-5-4-6-9-12-31-32(35(40)41)24-29(37)25-33(31)38/h13-22,24-25H,2-12,23,37-38H2,1H3,(H,40,41)/b22-17+. The number of aryl methyl sites for hydroxylation is 1. The maximum atomic E-state index is 12.4. The van der Waals surface area contributed by atoms with E-state index in [0.29, 0.717) is 41.3 Å². The Morgan fingerprint density at radius 3 is 2.14 bits per heavy atom. The molecule has 0 unspecified atom stereocenters. The molecule has 8 nitrogen and oxygen atoms in total. The quantitative estimate of drug-likeness (QED) is 0.0444. The second-order valence-corrected chi connectivity index (χ2v) is 10.9. The van der Waals surface area contributed by atoms with E-state index in [4.69, 9.17) is 20.9 Å². The van der Waals surface area contributed by atoms with Gasteiger partial charge in [0.25, 0.3) is 0 Å². The lowest BCUT2D eigenvalue weighted by molar-refractivity contribution is -0.128. The maximum Gasteiger partial charge on any atom is 0.338 e. The minimum Gasteiger partial charge on any atom is -0.478 e. The van der Waals surface area contributed by atoms with Gasteiger partial charge in [-0.1, -0.05) is 69.7 Å². The predicted molar refractivity (Wildman–Crippen MR) is 175 cm³/mol. The number of rotatable bonds is 18. The Balaban J connectivity index is 1.29. The molecule has 0 aromatic heterocycles. The predicted octanol–water partition coefficient (Wildman–Crippen LogP) is 7.64. The summed E-state index contributed by atoms with van der Waals surface area (Å²) < 4.78 is 10.8. The van der Waals surface area contributed by atoms with Crippen molar-refractivity contribution in [2.45, 2.75) is 77.6 Å². The summed E-state index contributed by atoms with van der Waals surface area (Å²) >= 11 is 0. The Morgan fingerprint density at radius 1 is 0.795 bits per heavy atom. The third-order valence-electron chi connectivity index (χ3n) is 7.36. The first-order chi connectivity index (χ1) is 21.3. The van der Waals surface area contributed by atoms with Crippen molar-refractivity contribution in [1.29, 1.82) is 0 Å². The lowest BCUT2D eigenvalue weighted by atomic mass is 9.98. The molecule has 0 aliphatic heterocycles. The zero-order chi connectivity index (χ0) is 31.7. The number of carbonyl (C=O) groups is 3. The summed E-state index contributed by atoms with van der Waals surface area (Å²) in [5.74, 6) is -1.36. The van der Waals surface area contributed by atoms with Gasteiger partial charge in [-0.15, -0.1) is 0 Å². The Hall–Kier alpha value is -4.59. The minimum absolute atomic E-state index is 0.171. The molecule has 0 amide bonds. The summed E-state index contributed by atoms with van der Waals surface area (Å²) in [6.45, 7) is 2.52. The summed E-state index contributed by atoms with van der Waals surface area (Å²) in [6.07, 6.45) is 13.7. The van der Waals surface area contributed by atoms with Crippen LogP contribution in [0.4, 0.5) is 11.4 Å².